The van der Waals surface area contributed by atoms with E-state index in [9.17, 15) is 15.0 Å². The molecule has 1 saturated heterocycles. The van der Waals surface area contributed by atoms with Gasteiger partial charge in [-0.15, -0.1) is 0 Å². The first kappa shape index (κ1) is 13.8. The number of benzene rings is 1. The summed E-state index contributed by atoms with van der Waals surface area (Å²) in [7, 11) is 0. The van der Waals surface area contributed by atoms with Crippen LogP contribution in [0.15, 0.2) is 18.2 Å². The van der Waals surface area contributed by atoms with Gasteiger partial charge in [0.15, 0.2) is 6.61 Å². The minimum absolute atomic E-state index is 0.0782. The first-order chi connectivity index (χ1) is 8.99. The molecule has 1 aromatic carbocycles. The van der Waals surface area contributed by atoms with Crippen molar-refractivity contribution in [2.45, 2.75) is 26.1 Å². The molecule has 2 N–H and O–H groups in total. The maximum Gasteiger partial charge on any atom is 0.260 e. The van der Waals surface area contributed by atoms with Gasteiger partial charge in [-0.05, 0) is 25.0 Å². The minimum Gasteiger partial charge on any atom is -0.483 e. The lowest BCUT2D eigenvalue weighted by Crippen LogP contribution is -2.34. The molecule has 19 heavy (non-hydrogen) atoms. The van der Waals surface area contributed by atoms with Crippen LogP contribution in [-0.4, -0.2) is 52.9 Å². The Bertz CT molecular complexity index is 444. The van der Waals surface area contributed by atoms with Gasteiger partial charge in [0.2, 0.25) is 0 Å². The Labute approximate surface area is 112 Å². The molecule has 1 amide bonds. The van der Waals surface area contributed by atoms with Crippen molar-refractivity contribution in [1.82, 2.24) is 4.90 Å². The zero-order valence-corrected chi connectivity index (χ0v) is 11.2. The first-order valence-electron chi connectivity index (χ1n) is 6.32. The lowest BCUT2D eigenvalue weighted by molar-refractivity contribution is -0.132. The van der Waals surface area contributed by atoms with Crippen molar-refractivity contribution in [2.24, 2.45) is 0 Å². The molecule has 2 unspecified atom stereocenters. The number of ether oxygens (including phenoxy) is 1. The fourth-order valence-electron chi connectivity index (χ4n) is 2.23. The molecule has 1 aliphatic heterocycles. The highest BCUT2D eigenvalue weighted by Crippen LogP contribution is 2.22. The fraction of sp³-hybridized carbons (Fsp3) is 0.500. The second-order valence-electron chi connectivity index (χ2n) is 4.94. The van der Waals surface area contributed by atoms with Gasteiger partial charge in [0.05, 0.1) is 12.2 Å². The number of carbonyl (C=O) groups excluding carboxylic acids is 1. The summed E-state index contributed by atoms with van der Waals surface area (Å²) in [5.41, 5.74) is 1.96. The highest BCUT2D eigenvalue weighted by molar-refractivity contribution is 5.78. The van der Waals surface area contributed by atoms with E-state index in [-0.39, 0.29) is 25.6 Å². The molecule has 1 aliphatic rings. The summed E-state index contributed by atoms with van der Waals surface area (Å²) < 4.78 is 5.56. The maximum absolute atomic E-state index is 11.9. The number of aliphatic hydroxyl groups is 2. The third-order valence-corrected chi connectivity index (χ3v) is 3.36. The van der Waals surface area contributed by atoms with Crippen molar-refractivity contribution in [2.75, 3.05) is 19.7 Å². The van der Waals surface area contributed by atoms with Gasteiger partial charge < -0.3 is 19.8 Å². The first-order valence-corrected chi connectivity index (χ1v) is 6.32. The molecular weight excluding hydrogens is 246 g/mol. The highest BCUT2D eigenvalue weighted by atomic mass is 16.5. The van der Waals surface area contributed by atoms with E-state index < -0.39 is 12.2 Å². The summed E-state index contributed by atoms with van der Waals surface area (Å²) in [6.45, 7) is 4.10. The van der Waals surface area contributed by atoms with Gasteiger partial charge in [-0.1, -0.05) is 18.2 Å². The van der Waals surface area contributed by atoms with E-state index in [0.29, 0.717) is 0 Å². The number of amides is 1. The molecule has 1 heterocycles. The Morgan fingerprint density at radius 3 is 2.32 bits per heavy atom. The van der Waals surface area contributed by atoms with E-state index in [2.05, 4.69) is 0 Å². The second kappa shape index (κ2) is 5.59. The molecular formula is C14H19NO4. The van der Waals surface area contributed by atoms with Crippen LogP contribution >= 0.6 is 0 Å². The molecule has 1 aromatic rings. The van der Waals surface area contributed by atoms with Gasteiger partial charge in [-0.3, -0.25) is 4.79 Å². The Kier molecular flexibility index (Phi) is 4.07. The summed E-state index contributed by atoms with van der Waals surface area (Å²) in [5.74, 6) is 0.495. The number of aryl methyl sites for hydroxylation is 2. The zero-order valence-electron chi connectivity index (χ0n) is 11.2. The molecule has 2 rings (SSSR count). The Balaban J connectivity index is 1.94. The molecule has 0 spiro atoms. The monoisotopic (exact) mass is 265 g/mol. The number of likely N-dealkylation sites (tertiary alicyclic amines) is 1. The number of hydrogen-bond acceptors (Lipinski definition) is 4. The number of aliphatic hydroxyl groups excluding tert-OH is 2. The van der Waals surface area contributed by atoms with Gasteiger partial charge in [-0.25, -0.2) is 0 Å². The molecule has 5 heteroatoms. The van der Waals surface area contributed by atoms with E-state index in [0.717, 1.165) is 16.9 Å². The van der Waals surface area contributed by atoms with E-state index in [1.807, 2.05) is 32.0 Å². The summed E-state index contributed by atoms with van der Waals surface area (Å²) in [6.07, 6.45) is -1.71. The lowest BCUT2D eigenvalue weighted by Gasteiger charge is -2.17. The van der Waals surface area contributed by atoms with Crippen LogP contribution in [0.3, 0.4) is 0 Å². The standard InChI is InChI=1S/C14H19NO4/c1-9-4-3-5-10(2)14(9)19-8-13(18)15-6-11(16)12(17)7-15/h3-5,11-12,16-17H,6-8H2,1-2H3. The molecule has 2 atom stereocenters. The van der Waals surface area contributed by atoms with Gasteiger partial charge >= 0.3 is 0 Å². The number of nitrogens with zero attached hydrogens (tertiary/aromatic N) is 1. The average Bonchev–Trinajstić information content (AvgIpc) is 2.69. The molecule has 104 valence electrons. The Morgan fingerprint density at radius 2 is 1.79 bits per heavy atom. The number of β-amino-alcohol motifs (C(OH)–C–C–N with tert-alkyl or cyclic N) is 2. The Hall–Kier alpha value is -1.59. The van der Waals surface area contributed by atoms with Crippen LogP contribution in [-0.2, 0) is 4.79 Å². The van der Waals surface area contributed by atoms with Gasteiger partial charge in [0.25, 0.3) is 5.91 Å². The molecule has 5 nitrogen and oxygen atoms in total. The maximum atomic E-state index is 11.9. The topological polar surface area (TPSA) is 70.0 Å². The number of carbonyl (C=O) groups is 1. The summed E-state index contributed by atoms with van der Waals surface area (Å²) >= 11 is 0. The summed E-state index contributed by atoms with van der Waals surface area (Å²) in [4.78, 5) is 13.3. The number of hydrogen-bond donors (Lipinski definition) is 2. The molecule has 0 aliphatic carbocycles. The van der Waals surface area contributed by atoms with Crippen molar-refractivity contribution >= 4 is 5.91 Å². The Morgan fingerprint density at radius 1 is 1.26 bits per heavy atom. The second-order valence-corrected chi connectivity index (χ2v) is 4.94. The van der Waals surface area contributed by atoms with E-state index in [1.165, 1.54) is 4.90 Å². The quantitative estimate of drug-likeness (QED) is 0.821. The van der Waals surface area contributed by atoms with E-state index in [1.54, 1.807) is 0 Å². The van der Waals surface area contributed by atoms with Crippen molar-refractivity contribution in [3.8, 4) is 5.75 Å². The predicted octanol–water partition coefficient (Wildman–Crippen LogP) is 0.246. The molecule has 0 bridgehead atoms. The summed E-state index contributed by atoms with van der Waals surface area (Å²) in [5, 5.41) is 18.8. The normalized spacial score (nSPS) is 22.6. The van der Waals surface area contributed by atoms with Crippen LogP contribution < -0.4 is 4.74 Å². The van der Waals surface area contributed by atoms with Crippen molar-refractivity contribution in [3.05, 3.63) is 29.3 Å². The van der Waals surface area contributed by atoms with E-state index >= 15 is 0 Å². The van der Waals surface area contributed by atoms with Crippen LogP contribution in [0.5, 0.6) is 5.75 Å². The summed E-state index contributed by atoms with van der Waals surface area (Å²) in [6, 6.07) is 5.79. The highest BCUT2D eigenvalue weighted by Gasteiger charge is 2.32. The molecule has 0 radical (unpaired) electrons. The average molecular weight is 265 g/mol. The SMILES string of the molecule is Cc1cccc(C)c1OCC(=O)N1CC(O)C(O)C1. The van der Waals surface area contributed by atoms with E-state index in [4.69, 9.17) is 4.74 Å². The van der Waals surface area contributed by atoms with Gasteiger partial charge in [-0.2, -0.15) is 0 Å². The van der Waals surface area contributed by atoms with Gasteiger partial charge in [0.1, 0.15) is 5.75 Å². The number of para-hydroxylation sites is 1. The third-order valence-electron chi connectivity index (χ3n) is 3.36. The van der Waals surface area contributed by atoms with Crippen LogP contribution in [0.1, 0.15) is 11.1 Å². The minimum atomic E-state index is -0.857. The smallest absolute Gasteiger partial charge is 0.260 e. The van der Waals surface area contributed by atoms with Crippen LogP contribution in [0.4, 0.5) is 0 Å². The van der Waals surface area contributed by atoms with Crippen molar-refractivity contribution in [1.29, 1.82) is 0 Å². The zero-order chi connectivity index (χ0) is 14.0. The predicted molar refractivity (Wildman–Crippen MR) is 70.0 cm³/mol. The van der Waals surface area contributed by atoms with Gasteiger partial charge in [0, 0.05) is 13.1 Å². The van der Waals surface area contributed by atoms with Crippen molar-refractivity contribution < 1.29 is 19.7 Å². The molecule has 0 aromatic heterocycles. The lowest BCUT2D eigenvalue weighted by atomic mass is 10.1. The number of rotatable bonds is 3. The fourth-order valence-corrected chi connectivity index (χ4v) is 2.23. The third kappa shape index (κ3) is 3.05. The van der Waals surface area contributed by atoms with Crippen molar-refractivity contribution in [3.63, 3.8) is 0 Å². The largest absolute Gasteiger partial charge is 0.483 e. The van der Waals surface area contributed by atoms with Crippen LogP contribution in [0, 0.1) is 13.8 Å². The van der Waals surface area contributed by atoms with Crippen LogP contribution in [0.2, 0.25) is 0 Å². The molecule has 1 fully saturated rings. The van der Waals surface area contributed by atoms with Crippen LogP contribution in [0.25, 0.3) is 0 Å². The molecule has 0 saturated carbocycles.